The minimum Gasteiger partial charge on any atom is -0.442 e. The van der Waals surface area contributed by atoms with Crippen molar-refractivity contribution in [3.8, 4) is 0 Å². The number of hydrazine groups is 1. The molecule has 0 heterocycles. The highest BCUT2D eigenvalue weighted by atomic mass is 35.5. The van der Waals surface area contributed by atoms with E-state index in [2.05, 4.69) is 0 Å². The fourth-order valence-electron chi connectivity index (χ4n) is 0.486. The largest absolute Gasteiger partial charge is 0.442 e. The highest BCUT2D eigenvalue weighted by Crippen LogP contribution is 2.08. The third kappa shape index (κ3) is 4.69. The number of amidine groups is 1. The molecule has 5 nitrogen and oxygen atoms in total. The molecule has 0 aliphatic rings. The SMILES string of the molecule is CC(C)(C)OC(=O)N(N)C(=N)CCl. The number of alkyl halides is 1. The lowest BCUT2D eigenvalue weighted by Gasteiger charge is -2.23. The van der Waals surface area contributed by atoms with Crippen LogP contribution in [-0.2, 0) is 4.74 Å². The number of halogens is 1. The Morgan fingerprint density at radius 2 is 2.08 bits per heavy atom. The van der Waals surface area contributed by atoms with Gasteiger partial charge in [0.05, 0.1) is 5.88 Å². The van der Waals surface area contributed by atoms with Crippen molar-refractivity contribution in [1.29, 1.82) is 5.41 Å². The predicted molar refractivity (Wildman–Crippen MR) is 50.7 cm³/mol. The van der Waals surface area contributed by atoms with E-state index in [9.17, 15) is 4.79 Å². The van der Waals surface area contributed by atoms with Gasteiger partial charge >= 0.3 is 6.09 Å². The van der Waals surface area contributed by atoms with Crippen LogP contribution in [0.2, 0.25) is 0 Å². The Labute approximate surface area is 82.3 Å². The molecule has 0 unspecified atom stereocenters. The van der Waals surface area contributed by atoms with Crippen molar-refractivity contribution in [2.24, 2.45) is 5.84 Å². The minimum absolute atomic E-state index is 0.129. The molecule has 0 bridgehead atoms. The van der Waals surface area contributed by atoms with E-state index in [0.29, 0.717) is 5.01 Å². The van der Waals surface area contributed by atoms with Gasteiger partial charge in [-0.3, -0.25) is 5.41 Å². The average molecular weight is 208 g/mol. The highest BCUT2D eigenvalue weighted by molar-refractivity contribution is 6.28. The molecule has 0 aromatic rings. The number of hydrogen-bond acceptors (Lipinski definition) is 4. The average Bonchev–Trinajstić information content (AvgIpc) is 1.98. The van der Waals surface area contributed by atoms with Crippen LogP contribution < -0.4 is 5.84 Å². The van der Waals surface area contributed by atoms with Gasteiger partial charge in [-0.2, -0.15) is 5.01 Å². The molecule has 0 aromatic heterocycles. The van der Waals surface area contributed by atoms with Crippen LogP contribution in [0.3, 0.4) is 0 Å². The summed E-state index contributed by atoms with van der Waals surface area (Å²) in [6.45, 7) is 5.13. The number of rotatable bonds is 1. The molecule has 3 N–H and O–H groups in total. The molecule has 0 rings (SSSR count). The maximum Gasteiger partial charge on any atom is 0.430 e. The van der Waals surface area contributed by atoms with Crippen molar-refractivity contribution < 1.29 is 9.53 Å². The summed E-state index contributed by atoms with van der Waals surface area (Å²) in [6.07, 6.45) is -0.779. The number of amides is 1. The van der Waals surface area contributed by atoms with Crippen LogP contribution in [0.1, 0.15) is 20.8 Å². The summed E-state index contributed by atoms with van der Waals surface area (Å²) in [5.41, 5.74) is -0.624. The topological polar surface area (TPSA) is 79.4 Å². The Hall–Kier alpha value is -0.810. The first-order chi connectivity index (χ1) is 5.78. The summed E-state index contributed by atoms with van der Waals surface area (Å²) in [6, 6.07) is 0. The van der Waals surface area contributed by atoms with Gasteiger partial charge < -0.3 is 4.74 Å². The third-order valence-electron chi connectivity index (χ3n) is 1.01. The molecule has 0 aromatic carbocycles. The van der Waals surface area contributed by atoms with Crippen molar-refractivity contribution in [3.05, 3.63) is 0 Å². The second kappa shape index (κ2) is 4.43. The van der Waals surface area contributed by atoms with Crippen LogP contribution in [0.25, 0.3) is 0 Å². The van der Waals surface area contributed by atoms with Crippen LogP contribution in [0, 0.1) is 5.41 Å². The van der Waals surface area contributed by atoms with Crippen LogP contribution in [-0.4, -0.2) is 28.4 Å². The molecule has 6 heteroatoms. The number of nitrogens with two attached hydrogens (primary N) is 1. The summed E-state index contributed by atoms with van der Waals surface area (Å²) in [4.78, 5) is 11.1. The lowest BCUT2D eigenvalue weighted by Crippen LogP contribution is -2.45. The van der Waals surface area contributed by atoms with E-state index < -0.39 is 11.7 Å². The van der Waals surface area contributed by atoms with Gasteiger partial charge in [-0.1, -0.05) is 0 Å². The van der Waals surface area contributed by atoms with Gasteiger partial charge in [-0.05, 0) is 20.8 Å². The molecule has 13 heavy (non-hydrogen) atoms. The number of nitrogens with one attached hydrogen (secondary N) is 1. The summed E-state index contributed by atoms with van der Waals surface area (Å²) >= 11 is 5.31. The zero-order chi connectivity index (χ0) is 10.6. The van der Waals surface area contributed by atoms with Crippen LogP contribution in [0.4, 0.5) is 4.79 Å². The van der Waals surface area contributed by atoms with Crippen molar-refractivity contribution in [2.45, 2.75) is 26.4 Å². The van der Waals surface area contributed by atoms with Gasteiger partial charge in [0.2, 0.25) is 0 Å². The van der Waals surface area contributed by atoms with Gasteiger partial charge in [0.25, 0.3) is 0 Å². The molecule has 0 aliphatic heterocycles. The summed E-state index contributed by atoms with van der Waals surface area (Å²) < 4.78 is 4.88. The van der Waals surface area contributed by atoms with E-state index >= 15 is 0 Å². The zero-order valence-electron chi connectivity index (χ0n) is 7.93. The van der Waals surface area contributed by atoms with Crippen LogP contribution in [0.5, 0.6) is 0 Å². The summed E-state index contributed by atoms with van der Waals surface area (Å²) in [5, 5.41) is 7.73. The number of ether oxygens (including phenoxy) is 1. The van der Waals surface area contributed by atoms with Gasteiger partial charge in [-0.25, -0.2) is 10.6 Å². The van der Waals surface area contributed by atoms with Gasteiger partial charge in [0, 0.05) is 0 Å². The molecule has 76 valence electrons. The molecule has 0 fully saturated rings. The van der Waals surface area contributed by atoms with E-state index in [4.69, 9.17) is 27.6 Å². The smallest absolute Gasteiger partial charge is 0.430 e. The summed E-state index contributed by atoms with van der Waals surface area (Å²) in [7, 11) is 0. The molecule has 0 atom stereocenters. The Balaban J connectivity index is 4.20. The monoisotopic (exact) mass is 207 g/mol. The first-order valence-electron chi connectivity index (χ1n) is 3.69. The normalized spacial score (nSPS) is 10.8. The molecular weight excluding hydrogens is 194 g/mol. The Kier molecular flexibility index (Phi) is 4.16. The van der Waals surface area contributed by atoms with Gasteiger partial charge in [0.15, 0.2) is 0 Å². The Morgan fingerprint density at radius 1 is 1.62 bits per heavy atom. The molecule has 0 spiro atoms. The predicted octanol–water partition coefficient (Wildman–Crippen LogP) is 1.31. The molecule has 0 radical (unpaired) electrons. The van der Waals surface area contributed by atoms with Crippen molar-refractivity contribution in [2.75, 3.05) is 5.88 Å². The third-order valence-corrected chi connectivity index (χ3v) is 1.26. The van der Waals surface area contributed by atoms with Gasteiger partial charge in [-0.15, -0.1) is 11.6 Å². The second-order valence-electron chi connectivity index (χ2n) is 3.43. The number of carbonyl (C=O) groups excluding carboxylic acids is 1. The fraction of sp³-hybridized carbons (Fsp3) is 0.714. The first-order valence-corrected chi connectivity index (χ1v) is 4.22. The number of hydrogen-bond donors (Lipinski definition) is 2. The van der Waals surface area contributed by atoms with Crippen molar-refractivity contribution in [3.63, 3.8) is 0 Å². The number of carbonyl (C=O) groups is 1. The molecular formula is C7H14ClN3O2. The lowest BCUT2D eigenvalue weighted by molar-refractivity contribution is 0.0367. The van der Waals surface area contributed by atoms with Crippen LogP contribution >= 0.6 is 11.6 Å². The van der Waals surface area contributed by atoms with E-state index in [1.807, 2.05) is 0 Å². The zero-order valence-corrected chi connectivity index (χ0v) is 8.68. The van der Waals surface area contributed by atoms with Crippen molar-refractivity contribution >= 4 is 23.5 Å². The fourth-order valence-corrected chi connectivity index (χ4v) is 0.614. The van der Waals surface area contributed by atoms with E-state index in [1.165, 1.54) is 0 Å². The summed E-state index contributed by atoms with van der Waals surface area (Å²) in [5.74, 6) is 4.90. The number of nitrogens with zero attached hydrogens (tertiary/aromatic N) is 1. The van der Waals surface area contributed by atoms with E-state index in [1.54, 1.807) is 20.8 Å². The molecule has 0 saturated carbocycles. The second-order valence-corrected chi connectivity index (χ2v) is 3.70. The van der Waals surface area contributed by atoms with E-state index in [-0.39, 0.29) is 11.7 Å². The lowest BCUT2D eigenvalue weighted by atomic mass is 10.2. The Bertz CT molecular complexity index is 212. The maximum atomic E-state index is 11.1. The van der Waals surface area contributed by atoms with Crippen molar-refractivity contribution in [1.82, 2.24) is 5.01 Å². The Morgan fingerprint density at radius 3 is 2.38 bits per heavy atom. The highest BCUT2D eigenvalue weighted by Gasteiger charge is 2.21. The van der Waals surface area contributed by atoms with Gasteiger partial charge in [0.1, 0.15) is 11.4 Å². The standard InChI is InChI=1S/C7H14ClN3O2/c1-7(2,3)13-6(12)11(10)5(9)4-8/h9H,4,10H2,1-3H3. The first kappa shape index (κ1) is 12.2. The maximum absolute atomic E-state index is 11.1. The van der Waals surface area contributed by atoms with Crippen LogP contribution in [0.15, 0.2) is 0 Å². The molecule has 1 amide bonds. The molecule has 0 aliphatic carbocycles. The molecule has 0 saturated heterocycles. The quantitative estimate of drug-likeness (QED) is 0.170. The van der Waals surface area contributed by atoms with E-state index in [0.717, 1.165) is 0 Å². The minimum atomic E-state index is -0.779.